The molecule has 1 fully saturated rings. The first-order valence-corrected chi connectivity index (χ1v) is 46.9. The molecule has 3 aliphatic rings. The molecule has 0 spiro atoms. The maximum atomic E-state index is 14.1. The summed E-state index contributed by atoms with van der Waals surface area (Å²) in [6.45, 7) is 10.8. The van der Waals surface area contributed by atoms with E-state index in [-0.39, 0.29) is 131 Å². The Morgan fingerprint density at radius 3 is 1.55 bits per heavy atom. The number of hydrogen-bond donors (Lipinski definition) is 15. The number of likely N-dealkylation sites (N-methyl/N-ethyl adjacent to an activating group) is 1. The number of fused-ring (bicyclic) bond motifs is 6. The molecule has 16 N–H and O–H groups in total. The molecule has 4 aromatic rings. The number of nitrogens with two attached hydrogens (primary N) is 1. The summed E-state index contributed by atoms with van der Waals surface area (Å²) in [7, 11) is 2.14. The number of carboxylic acid groups (broad SMARTS) is 6. The van der Waals surface area contributed by atoms with Gasteiger partial charge in [0.05, 0.1) is 17.5 Å². The number of benzene rings is 4. The molecular weight excluding hydrogens is 1820 g/mol. The number of unbranched alkanes of at least 4 members (excludes halogenated alkanes) is 8. The molecule has 2 heterocycles. The van der Waals surface area contributed by atoms with E-state index >= 15 is 0 Å². The molecule has 7 unspecified atom stereocenters. The van der Waals surface area contributed by atoms with Crippen LogP contribution in [0.3, 0.4) is 0 Å². The van der Waals surface area contributed by atoms with Crippen LogP contribution in [0.2, 0.25) is 0 Å². The van der Waals surface area contributed by atoms with Gasteiger partial charge in [0.15, 0.2) is 17.3 Å². The fourth-order valence-corrected chi connectivity index (χ4v) is 18.1. The quantitative estimate of drug-likeness (QED) is 0.00845. The van der Waals surface area contributed by atoms with Crippen molar-refractivity contribution in [2.24, 2.45) is 29.4 Å². The third-order valence-electron chi connectivity index (χ3n) is 25.2. The minimum Gasteiger partial charge on any atom is -0.790 e. The molecule has 0 saturated heterocycles. The molecule has 1 aliphatic carbocycles. The normalized spacial score (nSPS) is 16.6. The third-order valence-corrected chi connectivity index (χ3v) is 25.6. The Bertz CT molecular complexity index is 4960. The van der Waals surface area contributed by atoms with Gasteiger partial charge >= 0.3 is 41.8 Å². The summed E-state index contributed by atoms with van der Waals surface area (Å²) < 4.78 is 2.44. The molecule has 4 aromatic carbocycles. The van der Waals surface area contributed by atoms with E-state index in [0.29, 0.717) is 96.4 Å². The molecule has 34 nitrogen and oxygen atoms in total. The van der Waals surface area contributed by atoms with Crippen molar-refractivity contribution in [2.45, 2.75) is 281 Å². The predicted octanol–water partition coefficient (Wildman–Crippen LogP) is 10.2. The van der Waals surface area contributed by atoms with Crippen LogP contribution in [0.5, 0.6) is 0 Å². The molecule has 1 radical (unpaired) electrons. The second-order valence-electron chi connectivity index (χ2n) is 35.9. The van der Waals surface area contributed by atoms with Crippen molar-refractivity contribution in [2.75, 3.05) is 43.9 Å². The number of ketones is 3. The summed E-state index contributed by atoms with van der Waals surface area (Å²) in [4.78, 5) is 217. The maximum Gasteiger partial charge on any atom is 0.326 e. The SMILES string of the molecule is CN1/C(=C/C=C/C=C/C2=[N+](CCCCCC(=O)NCCCCC(NC(=O)CCCCCCC(=O)C(C[S-])NC(=O)C(CCC(=O)O)CC(=O)C(CCC(=O)O)CC(=O)C(CCC(=O)O)NC(=O)CCCCCNC(=O)C3CCC(CNC(=O)CCC(NC(=O)NC(CCC(=O)O)C(=O)O)C(=O)O)CC3)C(N)=O)c3ccc4ccccc4c3C2(C)C)C(C)(C)c2c1ccc1ccccc21.[Y]. The summed E-state index contributed by atoms with van der Waals surface area (Å²) in [5.74, 6) is -17.1. The van der Waals surface area contributed by atoms with E-state index in [1.54, 1.807) is 0 Å². The number of amides is 9. The smallest absolute Gasteiger partial charge is 0.326 e. The molecule has 0 bridgehead atoms. The predicted molar refractivity (Wildman–Crippen MR) is 501 cm³/mol. The summed E-state index contributed by atoms with van der Waals surface area (Å²) >= 11 is 5.24. The van der Waals surface area contributed by atoms with Gasteiger partial charge in [-0.15, -0.1) is 5.75 Å². The molecule has 727 valence electrons. The van der Waals surface area contributed by atoms with Gasteiger partial charge in [0.25, 0.3) is 0 Å². The van der Waals surface area contributed by atoms with Crippen LogP contribution in [-0.2, 0) is 133 Å². The third kappa shape index (κ3) is 35.6. The molecular formula is C98H133N11O23SY. The minimum absolute atomic E-state index is 0. The zero-order chi connectivity index (χ0) is 97.5. The number of primary amides is 1. The molecule has 36 heteroatoms. The van der Waals surface area contributed by atoms with Crippen LogP contribution in [-0.4, -0.2) is 211 Å². The first-order chi connectivity index (χ1) is 63.3. The zero-order valence-electron chi connectivity index (χ0n) is 77.5. The number of anilines is 1. The van der Waals surface area contributed by atoms with Crippen molar-refractivity contribution in [1.82, 2.24) is 42.5 Å². The minimum atomic E-state index is -1.60. The van der Waals surface area contributed by atoms with Gasteiger partial charge in [-0.1, -0.05) is 106 Å². The number of allylic oxidation sites excluding steroid dienone is 6. The van der Waals surface area contributed by atoms with Gasteiger partial charge < -0.3 is 96.4 Å². The number of carbonyl (C=O) groups is 17. The Hall–Kier alpha value is -11.1. The van der Waals surface area contributed by atoms with Gasteiger partial charge in [0, 0.05) is 189 Å². The van der Waals surface area contributed by atoms with Crippen LogP contribution in [0.15, 0.2) is 109 Å². The van der Waals surface area contributed by atoms with E-state index in [1.165, 1.54) is 55.5 Å². The van der Waals surface area contributed by atoms with Gasteiger partial charge in [0.2, 0.25) is 47.0 Å². The number of nitrogens with zero attached hydrogens (tertiary/aromatic N) is 2. The van der Waals surface area contributed by atoms with E-state index in [1.807, 2.05) is 5.32 Å². The van der Waals surface area contributed by atoms with Crippen LogP contribution in [0.25, 0.3) is 21.5 Å². The van der Waals surface area contributed by atoms with E-state index in [4.69, 9.17) is 23.5 Å². The molecule has 9 amide bonds. The number of hydrogen-bond acceptors (Lipinski definition) is 19. The fourth-order valence-electron chi connectivity index (χ4n) is 17.8. The second-order valence-corrected chi connectivity index (χ2v) is 36.3. The number of Topliss-reactive ketones (excluding diaryl/α,β-unsaturated/α-hetero) is 3. The average Bonchev–Trinajstić information content (AvgIpc) is 1.58. The van der Waals surface area contributed by atoms with Crippen molar-refractivity contribution in [3.05, 3.63) is 120 Å². The van der Waals surface area contributed by atoms with Crippen LogP contribution in [0.4, 0.5) is 16.2 Å². The first-order valence-electron chi connectivity index (χ1n) is 46.4. The molecule has 7 atom stereocenters. The first kappa shape index (κ1) is 112. The molecule has 1 saturated carbocycles. The van der Waals surface area contributed by atoms with E-state index in [0.717, 1.165) is 19.4 Å². The Morgan fingerprint density at radius 1 is 0.463 bits per heavy atom. The monoisotopic (exact) mass is 1950 g/mol. The Kier molecular flexibility index (Phi) is 46.9. The maximum absolute atomic E-state index is 14.1. The molecule has 7 rings (SSSR count). The van der Waals surface area contributed by atoms with Crippen molar-refractivity contribution in [3.8, 4) is 0 Å². The Morgan fingerprint density at radius 2 is 0.963 bits per heavy atom. The van der Waals surface area contributed by atoms with Crippen LogP contribution in [0.1, 0.15) is 251 Å². The van der Waals surface area contributed by atoms with Gasteiger partial charge in [0.1, 0.15) is 30.5 Å². The van der Waals surface area contributed by atoms with Gasteiger partial charge in [-0.05, 0) is 181 Å². The van der Waals surface area contributed by atoms with Crippen molar-refractivity contribution < 1.29 is 149 Å². The van der Waals surface area contributed by atoms with Crippen molar-refractivity contribution >= 4 is 152 Å². The van der Waals surface area contributed by atoms with Gasteiger partial charge in [-0.3, -0.25) is 67.1 Å². The number of carbonyl (C=O) groups excluding carboxylic acids is 11. The summed E-state index contributed by atoms with van der Waals surface area (Å²) in [6, 6.07) is 18.0. The summed E-state index contributed by atoms with van der Waals surface area (Å²) in [6.07, 6.45) is 13.9. The number of rotatable bonds is 62. The summed E-state index contributed by atoms with van der Waals surface area (Å²) in [5, 5.41) is 81.9. The van der Waals surface area contributed by atoms with Crippen molar-refractivity contribution in [3.63, 3.8) is 0 Å². The zero-order valence-corrected chi connectivity index (χ0v) is 81.1. The Labute approximate surface area is 812 Å². The van der Waals surface area contributed by atoms with Gasteiger partial charge in [-0.25, -0.2) is 14.4 Å². The van der Waals surface area contributed by atoms with E-state index < -0.39 is 195 Å². The number of carboxylic acids is 6. The fraction of sp³-hybridized carbons (Fsp3) is 0.551. The van der Waals surface area contributed by atoms with Crippen LogP contribution < -0.4 is 53.2 Å². The van der Waals surface area contributed by atoms with Crippen molar-refractivity contribution in [1.29, 1.82) is 0 Å². The van der Waals surface area contributed by atoms with Crippen LogP contribution in [0, 0.1) is 23.7 Å². The molecule has 0 aromatic heterocycles. The van der Waals surface area contributed by atoms with Crippen LogP contribution >= 0.6 is 0 Å². The molecule has 2 aliphatic heterocycles. The number of aliphatic carboxylic acids is 6. The summed E-state index contributed by atoms with van der Waals surface area (Å²) in [5.41, 5.74) is 12.7. The number of nitrogens with one attached hydrogen (secondary N) is 8. The topological polar surface area (TPSA) is 540 Å². The second kappa shape index (κ2) is 56.3. The standard InChI is InChI=1S/C98H133N11O23S.Y/c1-97(2)79(108(5)74-47-40-62-25-17-19-27-67(62)89(74)97)31-12-8-13-32-80-98(3,4)90-68-28-20-18-26-63(68)41-48-75(90)109(80)56-24-10-16-33-81(113)100-54-23-21-29-70(91(99)125)104-84(116)34-14-7-6-11-30-76(110)73(60-133)105-93(127)66(43-51-86(119)120)58-77(111)65(42-50-85(117)118)57-78(112)69(45-52-87(121)122)103-83(115)35-15-9-22-55-101-92(126)64-38-36-61(37-39-64)59-102-82(114)49-44-71(94(128)129)106-96(132)107-72(95(130)131)46-53-88(123)124;/h8,12-13,17-20,25-28,31-32,40-41,47-48,61,64-66,69-73H,6-7,9-11,14-16,21-24,29-30,33-39,42-46,49-60H2,1-5H3,(H16-,99,100,101,102,103,104,105,106,107,113,114,115,116,117,118,119,120,121,122,123,124,125,126,127,128,129,130,131,132,133);. The van der Waals surface area contributed by atoms with Gasteiger partial charge in [-0.2, -0.15) is 4.58 Å². The van der Waals surface area contributed by atoms with E-state index in [9.17, 15) is 107 Å². The van der Waals surface area contributed by atoms with E-state index in [2.05, 4.69) is 185 Å². The Balaban J connectivity index is 0.0000276. The average molecular weight is 1950 g/mol. The number of urea groups is 1. The largest absolute Gasteiger partial charge is 0.790 e. The molecule has 134 heavy (non-hydrogen) atoms.